The molecular weight excluding hydrogens is 290 g/mol. The zero-order chi connectivity index (χ0) is 15.2. The Morgan fingerprint density at radius 3 is 2.62 bits per heavy atom. The van der Waals surface area contributed by atoms with Crippen LogP contribution in [0.1, 0.15) is 13.3 Å². The van der Waals surface area contributed by atoms with E-state index in [-0.39, 0.29) is 11.5 Å². The molecule has 0 saturated heterocycles. The summed E-state index contributed by atoms with van der Waals surface area (Å²) in [6, 6.07) is 10.4. The van der Waals surface area contributed by atoms with E-state index < -0.39 is 0 Å². The van der Waals surface area contributed by atoms with Crippen LogP contribution in [0.15, 0.2) is 41.2 Å². The van der Waals surface area contributed by atoms with Crippen molar-refractivity contribution < 1.29 is 4.79 Å². The monoisotopic (exact) mass is 305 g/mol. The lowest BCUT2D eigenvalue weighted by atomic mass is 10.1. The van der Waals surface area contributed by atoms with E-state index in [9.17, 15) is 9.59 Å². The zero-order valence-electron chi connectivity index (χ0n) is 11.7. The molecule has 5 nitrogen and oxygen atoms in total. The maximum Gasteiger partial charge on any atom is 0.266 e. The van der Waals surface area contributed by atoms with Crippen LogP contribution in [0, 0.1) is 0 Å². The van der Waals surface area contributed by atoms with Crippen LogP contribution >= 0.6 is 11.6 Å². The molecule has 2 rings (SSSR count). The lowest BCUT2D eigenvalue weighted by molar-refractivity contribution is -0.120. The number of hydrogen-bond donors (Lipinski definition) is 1. The van der Waals surface area contributed by atoms with Gasteiger partial charge < -0.3 is 5.32 Å². The number of carbonyl (C=O) groups is 1. The van der Waals surface area contributed by atoms with Gasteiger partial charge in [-0.1, -0.05) is 30.7 Å². The molecule has 1 aromatic carbocycles. The van der Waals surface area contributed by atoms with Gasteiger partial charge in [0.15, 0.2) is 0 Å². The Hall–Kier alpha value is -2.14. The summed E-state index contributed by atoms with van der Waals surface area (Å²) in [4.78, 5) is 22.9. The second-order valence-corrected chi connectivity index (χ2v) is 4.93. The fraction of sp³-hybridized carbons (Fsp3) is 0.267. The molecule has 0 aliphatic heterocycles. The normalized spacial score (nSPS) is 10.4. The first kappa shape index (κ1) is 15.3. The van der Waals surface area contributed by atoms with Crippen molar-refractivity contribution >= 4 is 17.5 Å². The van der Waals surface area contributed by atoms with Crippen molar-refractivity contribution in [3.8, 4) is 11.3 Å². The number of halogens is 1. The lowest BCUT2D eigenvalue weighted by Crippen LogP contribution is -2.31. The first-order valence-corrected chi connectivity index (χ1v) is 7.08. The minimum absolute atomic E-state index is 0.0445. The number of nitrogens with zero attached hydrogens (tertiary/aromatic N) is 2. The van der Waals surface area contributed by atoms with Crippen molar-refractivity contribution in [3.05, 3.63) is 51.8 Å². The number of carbonyl (C=O) groups excluding carboxylic acids is 1. The number of amides is 1. The van der Waals surface area contributed by atoms with Gasteiger partial charge in [0, 0.05) is 29.6 Å². The second-order valence-electron chi connectivity index (χ2n) is 4.49. The van der Waals surface area contributed by atoms with Gasteiger partial charge in [0.25, 0.3) is 5.56 Å². The summed E-state index contributed by atoms with van der Waals surface area (Å²) in [6.45, 7) is 2.50. The minimum Gasteiger partial charge on any atom is -0.354 e. The molecule has 110 valence electrons. The van der Waals surface area contributed by atoms with Crippen LogP contribution in [-0.4, -0.2) is 22.2 Å². The number of rotatable bonds is 5. The Balaban J connectivity index is 2.15. The second kappa shape index (κ2) is 7.04. The highest BCUT2D eigenvalue weighted by Crippen LogP contribution is 2.18. The molecule has 2 aromatic rings. The van der Waals surface area contributed by atoms with Crippen molar-refractivity contribution in [2.45, 2.75) is 19.9 Å². The molecule has 1 N–H and O–H groups in total. The molecule has 0 aliphatic rings. The highest BCUT2D eigenvalue weighted by molar-refractivity contribution is 6.30. The molecule has 0 unspecified atom stereocenters. The first-order chi connectivity index (χ1) is 10.1. The van der Waals surface area contributed by atoms with Crippen LogP contribution < -0.4 is 10.9 Å². The van der Waals surface area contributed by atoms with Crippen LogP contribution in [0.25, 0.3) is 11.3 Å². The quantitative estimate of drug-likeness (QED) is 0.920. The molecule has 0 atom stereocenters. The van der Waals surface area contributed by atoms with E-state index in [1.807, 2.05) is 12.1 Å². The summed E-state index contributed by atoms with van der Waals surface area (Å²) >= 11 is 5.85. The van der Waals surface area contributed by atoms with E-state index in [1.165, 1.54) is 10.7 Å². The predicted molar refractivity (Wildman–Crippen MR) is 82.2 cm³/mol. The van der Waals surface area contributed by atoms with Crippen molar-refractivity contribution in [2.75, 3.05) is 6.54 Å². The highest BCUT2D eigenvalue weighted by atomic mass is 35.5. The van der Waals surface area contributed by atoms with E-state index >= 15 is 0 Å². The van der Waals surface area contributed by atoms with Gasteiger partial charge in [-0.2, -0.15) is 5.10 Å². The average Bonchev–Trinajstić information content (AvgIpc) is 2.50. The van der Waals surface area contributed by atoms with Gasteiger partial charge in [-0.15, -0.1) is 0 Å². The maximum absolute atomic E-state index is 11.8. The Morgan fingerprint density at radius 2 is 1.95 bits per heavy atom. The highest BCUT2D eigenvalue weighted by Gasteiger charge is 2.04. The molecule has 6 heteroatoms. The largest absolute Gasteiger partial charge is 0.354 e. The zero-order valence-corrected chi connectivity index (χ0v) is 12.4. The lowest BCUT2D eigenvalue weighted by Gasteiger charge is -2.08. The molecule has 1 heterocycles. The van der Waals surface area contributed by atoms with Crippen molar-refractivity contribution in [3.63, 3.8) is 0 Å². The van der Waals surface area contributed by atoms with E-state index in [0.717, 1.165) is 5.56 Å². The first-order valence-electron chi connectivity index (χ1n) is 6.71. The third-order valence-electron chi connectivity index (χ3n) is 2.97. The summed E-state index contributed by atoms with van der Waals surface area (Å²) < 4.78 is 1.35. The van der Waals surface area contributed by atoms with Gasteiger partial charge in [-0.25, -0.2) is 4.68 Å². The van der Waals surface area contributed by atoms with E-state index in [1.54, 1.807) is 25.1 Å². The summed E-state index contributed by atoms with van der Waals surface area (Å²) in [6.07, 6.45) is 0.424. The summed E-state index contributed by atoms with van der Waals surface area (Å²) in [7, 11) is 0. The van der Waals surface area contributed by atoms with E-state index in [4.69, 9.17) is 11.6 Å². The van der Waals surface area contributed by atoms with Crippen LogP contribution in [0.3, 0.4) is 0 Å². The third kappa shape index (κ3) is 4.16. The van der Waals surface area contributed by atoms with Crippen LogP contribution in [0.5, 0.6) is 0 Å². The Bertz CT molecular complexity index is 680. The van der Waals surface area contributed by atoms with Crippen molar-refractivity contribution in [2.24, 2.45) is 0 Å². The standard InChI is InChI=1S/C15H16ClN3O2/c1-2-14(20)17-9-10-19-15(21)8-7-13(18-19)11-3-5-12(16)6-4-11/h3-8H,2,9-10H2,1H3,(H,17,20). The van der Waals surface area contributed by atoms with Gasteiger partial charge in [0.2, 0.25) is 5.91 Å². The van der Waals surface area contributed by atoms with Crippen LogP contribution in [0.2, 0.25) is 5.02 Å². The Morgan fingerprint density at radius 1 is 1.24 bits per heavy atom. The van der Waals surface area contributed by atoms with E-state index in [2.05, 4.69) is 10.4 Å². The van der Waals surface area contributed by atoms with Crippen molar-refractivity contribution in [1.82, 2.24) is 15.1 Å². The molecule has 0 saturated carbocycles. The van der Waals surface area contributed by atoms with Crippen LogP contribution in [0.4, 0.5) is 0 Å². The molecule has 21 heavy (non-hydrogen) atoms. The van der Waals surface area contributed by atoms with E-state index in [0.29, 0.717) is 30.2 Å². The van der Waals surface area contributed by atoms with Gasteiger partial charge in [-0.3, -0.25) is 9.59 Å². The molecule has 0 bridgehead atoms. The van der Waals surface area contributed by atoms with Crippen molar-refractivity contribution in [1.29, 1.82) is 0 Å². The van der Waals surface area contributed by atoms with Gasteiger partial charge in [0.05, 0.1) is 12.2 Å². The third-order valence-corrected chi connectivity index (χ3v) is 3.23. The smallest absolute Gasteiger partial charge is 0.266 e. The number of aromatic nitrogens is 2. The summed E-state index contributed by atoms with van der Waals surface area (Å²) in [5.74, 6) is -0.0445. The maximum atomic E-state index is 11.8. The fourth-order valence-corrected chi connectivity index (χ4v) is 1.94. The number of hydrogen-bond acceptors (Lipinski definition) is 3. The van der Waals surface area contributed by atoms with Gasteiger partial charge >= 0.3 is 0 Å². The van der Waals surface area contributed by atoms with Gasteiger partial charge in [0.1, 0.15) is 0 Å². The molecule has 1 aromatic heterocycles. The van der Waals surface area contributed by atoms with Gasteiger partial charge in [-0.05, 0) is 18.2 Å². The molecular formula is C15H16ClN3O2. The molecule has 0 radical (unpaired) electrons. The number of nitrogens with one attached hydrogen (secondary N) is 1. The summed E-state index contributed by atoms with van der Waals surface area (Å²) in [5, 5.41) is 7.67. The topological polar surface area (TPSA) is 64.0 Å². The Labute approximate surface area is 127 Å². The fourth-order valence-electron chi connectivity index (χ4n) is 1.81. The molecule has 0 fully saturated rings. The molecule has 1 amide bonds. The summed E-state index contributed by atoms with van der Waals surface area (Å²) in [5.41, 5.74) is 1.37. The average molecular weight is 306 g/mol. The SMILES string of the molecule is CCC(=O)NCCn1nc(-c2ccc(Cl)cc2)ccc1=O. The molecule has 0 spiro atoms. The number of benzene rings is 1. The predicted octanol–water partition coefficient (Wildman–Crippen LogP) is 2.09. The minimum atomic E-state index is -0.196. The molecule has 0 aliphatic carbocycles. The Kier molecular flexibility index (Phi) is 5.11. The van der Waals surface area contributed by atoms with Crippen LogP contribution in [-0.2, 0) is 11.3 Å².